The summed E-state index contributed by atoms with van der Waals surface area (Å²) in [4.78, 5) is 31.0. The Morgan fingerprint density at radius 3 is 1.80 bits per heavy atom. The van der Waals surface area contributed by atoms with Gasteiger partial charge in [0.05, 0.1) is 12.3 Å². The summed E-state index contributed by atoms with van der Waals surface area (Å²) in [6.07, 6.45) is -2.70. The number of aliphatic carboxylic acids is 3. The van der Waals surface area contributed by atoms with E-state index in [2.05, 4.69) is 0 Å². The smallest absolute Gasteiger partial charge is 0.332 e. The molecule has 0 amide bonds. The molecule has 0 saturated carbocycles. The zero-order valence-corrected chi connectivity index (χ0v) is 7.79. The molecule has 0 saturated heterocycles. The van der Waals surface area contributed by atoms with Gasteiger partial charge in [0, 0.05) is 0 Å². The minimum atomic E-state index is -1.65. The molecule has 0 aromatic carbocycles. The van der Waals surface area contributed by atoms with Crippen LogP contribution in [0.1, 0.15) is 19.3 Å². The van der Waals surface area contributed by atoms with Gasteiger partial charge in [-0.1, -0.05) is 0 Å². The first-order valence-electron chi connectivity index (χ1n) is 4.20. The molecule has 0 bridgehead atoms. The van der Waals surface area contributed by atoms with Gasteiger partial charge in [0.15, 0.2) is 6.10 Å². The Morgan fingerprint density at radius 2 is 1.47 bits per heavy atom. The number of rotatable bonds is 7. The summed E-state index contributed by atoms with van der Waals surface area (Å²) in [6.45, 7) is 0. The van der Waals surface area contributed by atoms with Crippen LogP contribution in [0.2, 0.25) is 0 Å². The zero-order valence-electron chi connectivity index (χ0n) is 7.79. The van der Waals surface area contributed by atoms with E-state index < -0.39 is 36.4 Å². The lowest BCUT2D eigenvalue weighted by Crippen LogP contribution is -2.24. The van der Waals surface area contributed by atoms with Crippen LogP contribution in [0.5, 0.6) is 0 Å². The van der Waals surface area contributed by atoms with Crippen LogP contribution < -0.4 is 0 Å². The molecule has 0 fully saturated rings. The van der Waals surface area contributed by atoms with Crippen molar-refractivity contribution >= 4 is 17.9 Å². The third-order valence-corrected chi connectivity index (χ3v) is 1.84. The van der Waals surface area contributed by atoms with Crippen molar-refractivity contribution in [2.24, 2.45) is 5.92 Å². The van der Waals surface area contributed by atoms with E-state index in [9.17, 15) is 14.4 Å². The molecule has 0 aliphatic rings. The maximum absolute atomic E-state index is 10.5. The Labute approximate surface area is 85.0 Å². The Bertz CT molecular complexity index is 260. The summed E-state index contributed by atoms with van der Waals surface area (Å²) in [6, 6.07) is 0. The molecule has 4 N–H and O–H groups in total. The van der Waals surface area contributed by atoms with Crippen molar-refractivity contribution in [1.82, 2.24) is 0 Å². The molecule has 0 radical (unpaired) electrons. The van der Waals surface area contributed by atoms with Gasteiger partial charge in [-0.3, -0.25) is 9.59 Å². The lowest BCUT2D eigenvalue weighted by atomic mass is 9.98. The molecule has 7 heteroatoms. The fraction of sp³-hybridized carbons (Fsp3) is 0.625. The average molecular weight is 220 g/mol. The Hall–Kier alpha value is -1.63. The van der Waals surface area contributed by atoms with E-state index in [4.69, 9.17) is 20.4 Å². The lowest BCUT2D eigenvalue weighted by molar-refractivity contribution is -0.150. The van der Waals surface area contributed by atoms with E-state index >= 15 is 0 Å². The van der Waals surface area contributed by atoms with Crippen molar-refractivity contribution < 1.29 is 34.8 Å². The molecule has 7 nitrogen and oxygen atoms in total. The highest BCUT2D eigenvalue weighted by Gasteiger charge is 2.23. The van der Waals surface area contributed by atoms with E-state index in [1.165, 1.54) is 0 Å². The van der Waals surface area contributed by atoms with Crippen LogP contribution in [-0.4, -0.2) is 44.4 Å². The summed E-state index contributed by atoms with van der Waals surface area (Å²) in [5, 5.41) is 34.1. The van der Waals surface area contributed by atoms with Crippen molar-refractivity contribution in [2.45, 2.75) is 25.4 Å². The number of carboxylic acid groups (broad SMARTS) is 3. The minimum Gasteiger partial charge on any atom is -0.481 e. The highest BCUT2D eigenvalue weighted by Crippen LogP contribution is 2.13. The topological polar surface area (TPSA) is 132 Å². The van der Waals surface area contributed by atoms with Crippen LogP contribution >= 0.6 is 0 Å². The monoisotopic (exact) mass is 220 g/mol. The molecule has 0 spiro atoms. The van der Waals surface area contributed by atoms with Gasteiger partial charge in [-0.15, -0.1) is 0 Å². The quantitative estimate of drug-likeness (QED) is 0.449. The molecule has 0 aromatic rings. The minimum absolute atomic E-state index is 0.185. The highest BCUT2D eigenvalue weighted by atomic mass is 16.4. The SMILES string of the molecule is O=C(O)CC(CCC(O)C(=O)O)C(=O)O. The summed E-state index contributed by atoms with van der Waals surface area (Å²) >= 11 is 0. The summed E-state index contributed by atoms with van der Waals surface area (Å²) < 4.78 is 0. The average Bonchev–Trinajstić information content (AvgIpc) is 2.10. The fourth-order valence-corrected chi connectivity index (χ4v) is 1.01. The lowest BCUT2D eigenvalue weighted by Gasteiger charge is -2.10. The fourth-order valence-electron chi connectivity index (χ4n) is 1.01. The van der Waals surface area contributed by atoms with Gasteiger partial charge in [-0.25, -0.2) is 4.79 Å². The first kappa shape index (κ1) is 13.4. The van der Waals surface area contributed by atoms with Gasteiger partial charge in [-0.2, -0.15) is 0 Å². The molecular weight excluding hydrogens is 208 g/mol. The van der Waals surface area contributed by atoms with Crippen molar-refractivity contribution in [1.29, 1.82) is 0 Å². The third-order valence-electron chi connectivity index (χ3n) is 1.84. The van der Waals surface area contributed by atoms with Crippen molar-refractivity contribution in [3.8, 4) is 0 Å². The normalized spacial score (nSPS) is 14.2. The number of aliphatic hydroxyl groups excluding tert-OH is 1. The molecule has 0 aliphatic carbocycles. The Morgan fingerprint density at radius 1 is 0.933 bits per heavy atom. The summed E-state index contributed by atoms with van der Waals surface area (Å²) in [5.74, 6) is -5.20. The van der Waals surface area contributed by atoms with E-state index in [0.29, 0.717) is 0 Å². The van der Waals surface area contributed by atoms with Crippen molar-refractivity contribution in [2.75, 3.05) is 0 Å². The van der Waals surface area contributed by atoms with Gasteiger partial charge < -0.3 is 20.4 Å². The first-order valence-corrected chi connectivity index (χ1v) is 4.20. The van der Waals surface area contributed by atoms with Gasteiger partial charge in [0.25, 0.3) is 0 Å². The van der Waals surface area contributed by atoms with Crippen LogP contribution in [0.15, 0.2) is 0 Å². The van der Waals surface area contributed by atoms with Crippen LogP contribution in [0.3, 0.4) is 0 Å². The molecule has 2 unspecified atom stereocenters. The predicted octanol–water partition coefficient (Wildman–Crippen LogP) is -0.612. The van der Waals surface area contributed by atoms with Crippen LogP contribution in [0.4, 0.5) is 0 Å². The first-order chi connectivity index (χ1) is 6.84. The second kappa shape index (κ2) is 5.97. The molecule has 0 heterocycles. The van der Waals surface area contributed by atoms with E-state index in [1.54, 1.807) is 0 Å². The van der Waals surface area contributed by atoms with Gasteiger partial charge in [0.2, 0.25) is 0 Å². The predicted molar refractivity (Wildman–Crippen MR) is 46.3 cm³/mol. The third kappa shape index (κ3) is 5.63. The highest BCUT2D eigenvalue weighted by molar-refractivity contribution is 5.77. The maximum Gasteiger partial charge on any atom is 0.332 e. The number of hydrogen-bond acceptors (Lipinski definition) is 4. The van der Waals surface area contributed by atoms with Gasteiger partial charge in [0.1, 0.15) is 0 Å². The molecule has 2 atom stereocenters. The van der Waals surface area contributed by atoms with Gasteiger partial charge in [-0.05, 0) is 12.8 Å². The number of carbonyl (C=O) groups is 3. The van der Waals surface area contributed by atoms with E-state index in [0.717, 1.165) is 0 Å². The summed E-state index contributed by atoms with van der Waals surface area (Å²) in [7, 11) is 0. The summed E-state index contributed by atoms with van der Waals surface area (Å²) in [5.41, 5.74) is 0. The van der Waals surface area contributed by atoms with E-state index in [-0.39, 0.29) is 12.8 Å². The van der Waals surface area contributed by atoms with Crippen LogP contribution in [0, 0.1) is 5.92 Å². The van der Waals surface area contributed by atoms with Crippen molar-refractivity contribution in [3.63, 3.8) is 0 Å². The Kier molecular flexibility index (Phi) is 5.32. The van der Waals surface area contributed by atoms with Crippen molar-refractivity contribution in [3.05, 3.63) is 0 Å². The number of aliphatic hydroxyl groups is 1. The standard InChI is InChI=1S/C8H12O7/c9-5(8(14)15)2-1-4(7(12)13)3-6(10)11/h4-5,9H,1-3H2,(H,10,11)(H,12,13)(H,14,15). The largest absolute Gasteiger partial charge is 0.481 e. The van der Waals surface area contributed by atoms with E-state index in [1.807, 2.05) is 0 Å². The maximum atomic E-state index is 10.5. The zero-order chi connectivity index (χ0) is 12.0. The molecular formula is C8H12O7. The van der Waals surface area contributed by atoms with Crippen LogP contribution in [-0.2, 0) is 14.4 Å². The molecule has 0 aromatic heterocycles. The van der Waals surface area contributed by atoms with Gasteiger partial charge >= 0.3 is 17.9 Å². The second-order valence-corrected chi connectivity index (χ2v) is 3.06. The number of carboxylic acids is 3. The Balaban J connectivity index is 4.13. The molecule has 0 aliphatic heterocycles. The molecule has 0 rings (SSSR count). The molecule has 86 valence electrons. The number of hydrogen-bond donors (Lipinski definition) is 4. The second-order valence-electron chi connectivity index (χ2n) is 3.06. The molecule has 15 heavy (non-hydrogen) atoms. The van der Waals surface area contributed by atoms with Crippen LogP contribution in [0.25, 0.3) is 0 Å².